The van der Waals surface area contributed by atoms with Crippen LogP contribution in [0.3, 0.4) is 0 Å². The molecule has 0 bridgehead atoms. The number of halogens is 7. The van der Waals surface area contributed by atoms with Gasteiger partial charge in [0, 0.05) is 0 Å². The van der Waals surface area contributed by atoms with Crippen LogP contribution in [-0.2, 0) is 9.53 Å². The van der Waals surface area contributed by atoms with Gasteiger partial charge >= 0.3 is 24.2 Å². The third-order valence-corrected chi connectivity index (χ3v) is 1.12. The van der Waals surface area contributed by atoms with Crippen LogP contribution < -0.4 is 0 Å². The van der Waals surface area contributed by atoms with E-state index in [0.29, 0.717) is 0 Å². The maximum Gasteiger partial charge on any atom is 0.458 e. The van der Waals surface area contributed by atoms with E-state index in [0.717, 1.165) is 0 Å². The largest absolute Gasteiger partial charge is 0.480 e. The maximum absolute atomic E-state index is 12.4. The number of hydrogen-bond donors (Lipinski definition) is 1. The van der Waals surface area contributed by atoms with Crippen LogP contribution in [0.5, 0.6) is 0 Å². The second-order valence-electron chi connectivity index (χ2n) is 2.27. The van der Waals surface area contributed by atoms with Crippen molar-refractivity contribution < 1.29 is 45.4 Å². The first-order valence-corrected chi connectivity index (χ1v) is 3.10. The molecule has 0 amide bonds. The molecule has 0 aromatic rings. The minimum atomic E-state index is -6.40. The minimum absolute atomic E-state index is 2.06. The molecular formula is C5H3F7O3. The summed E-state index contributed by atoms with van der Waals surface area (Å²) in [6.45, 7) is -2.06. The van der Waals surface area contributed by atoms with Gasteiger partial charge in [-0.1, -0.05) is 0 Å². The summed E-state index contributed by atoms with van der Waals surface area (Å²) in [6.07, 6.45) is -12.8. The fraction of sp³-hybridized carbons (Fsp3) is 0.800. The number of ether oxygens (including phenoxy) is 1. The van der Waals surface area contributed by atoms with Crippen molar-refractivity contribution in [1.29, 1.82) is 0 Å². The second-order valence-corrected chi connectivity index (χ2v) is 2.27. The number of aliphatic carboxylic acids is 1. The van der Waals surface area contributed by atoms with Crippen LogP contribution in [0.4, 0.5) is 30.7 Å². The summed E-state index contributed by atoms with van der Waals surface area (Å²) in [6, 6.07) is 0. The minimum Gasteiger partial charge on any atom is -0.480 e. The van der Waals surface area contributed by atoms with Gasteiger partial charge in [0.1, 0.15) is 6.61 Å². The summed E-state index contributed by atoms with van der Waals surface area (Å²) in [5.41, 5.74) is 0. The van der Waals surface area contributed by atoms with Crippen molar-refractivity contribution in [2.75, 3.05) is 6.61 Å². The molecule has 0 aromatic heterocycles. The lowest BCUT2D eigenvalue weighted by molar-refractivity contribution is -0.428. The van der Waals surface area contributed by atoms with Gasteiger partial charge in [0.25, 0.3) is 0 Å². The summed E-state index contributed by atoms with van der Waals surface area (Å²) in [5, 5.41) is 7.78. The molecule has 0 aliphatic heterocycles. The molecule has 90 valence electrons. The van der Waals surface area contributed by atoms with E-state index in [4.69, 9.17) is 5.11 Å². The van der Waals surface area contributed by atoms with E-state index in [1.165, 1.54) is 0 Å². The molecule has 1 N–H and O–H groups in total. The van der Waals surface area contributed by atoms with E-state index in [1.807, 2.05) is 0 Å². The van der Waals surface area contributed by atoms with E-state index in [9.17, 15) is 35.5 Å². The number of alkyl halides is 7. The molecule has 0 aromatic carbocycles. The van der Waals surface area contributed by atoms with Gasteiger partial charge in [-0.25, -0.2) is 4.79 Å². The SMILES string of the molecule is O=C(O)COC(F)(C(F)(F)F)C(F)(F)F. The van der Waals surface area contributed by atoms with Gasteiger partial charge in [-0.15, -0.1) is 0 Å². The fourth-order valence-corrected chi connectivity index (χ4v) is 0.486. The van der Waals surface area contributed by atoms with Gasteiger partial charge in [-0.3, -0.25) is 0 Å². The molecule has 15 heavy (non-hydrogen) atoms. The molecule has 0 aliphatic rings. The van der Waals surface area contributed by atoms with Crippen molar-refractivity contribution >= 4 is 5.97 Å². The van der Waals surface area contributed by atoms with E-state index < -0.39 is 30.8 Å². The number of carbonyl (C=O) groups is 1. The zero-order valence-corrected chi connectivity index (χ0v) is 6.62. The maximum atomic E-state index is 12.4. The Morgan fingerprint density at radius 3 is 1.53 bits per heavy atom. The number of carboxylic acid groups (broad SMARTS) is 1. The van der Waals surface area contributed by atoms with Gasteiger partial charge in [0.2, 0.25) is 0 Å². The third kappa shape index (κ3) is 2.94. The summed E-state index contributed by atoms with van der Waals surface area (Å²) >= 11 is 0. The van der Waals surface area contributed by atoms with Crippen molar-refractivity contribution in [3.05, 3.63) is 0 Å². The molecule has 0 unspecified atom stereocenters. The Morgan fingerprint density at radius 2 is 1.33 bits per heavy atom. The van der Waals surface area contributed by atoms with E-state index in [-0.39, 0.29) is 0 Å². The smallest absolute Gasteiger partial charge is 0.458 e. The van der Waals surface area contributed by atoms with Gasteiger partial charge in [0.15, 0.2) is 0 Å². The van der Waals surface area contributed by atoms with E-state index in [1.54, 1.807) is 0 Å². The Balaban J connectivity index is 4.98. The molecule has 0 atom stereocenters. The highest BCUT2D eigenvalue weighted by Crippen LogP contribution is 2.46. The zero-order chi connectivity index (χ0) is 12.5. The van der Waals surface area contributed by atoms with Crippen molar-refractivity contribution in [3.63, 3.8) is 0 Å². The predicted octanol–water partition coefficient (Wildman–Crippen LogP) is 1.88. The van der Waals surface area contributed by atoms with Crippen LogP contribution in [0.2, 0.25) is 0 Å². The lowest BCUT2D eigenvalue weighted by Gasteiger charge is -2.28. The molecule has 3 nitrogen and oxygen atoms in total. The second kappa shape index (κ2) is 3.83. The van der Waals surface area contributed by atoms with Crippen molar-refractivity contribution in [3.8, 4) is 0 Å². The van der Waals surface area contributed by atoms with Crippen molar-refractivity contribution in [2.45, 2.75) is 18.2 Å². The Kier molecular flexibility index (Phi) is 3.56. The Hall–Kier alpha value is -1.06. The molecule has 0 spiro atoms. The predicted molar refractivity (Wildman–Crippen MR) is 29.5 cm³/mol. The first-order chi connectivity index (χ1) is 6.42. The van der Waals surface area contributed by atoms with Crippen LogP contribution in [0, 0.1) is 0 Å². The van der Waals surface area contributed by atoms with Gasteiger partial charge in [-0.05, 0) is 0 Å². The molecule has 0 saturated carbocycles. The molecule has 0 rings (SSSR count). The van der Waals surface area contributed by atoms with Crippen LogP contribution in [0.1, 0.15) is 0 Å². The fourth-order valence-electron chi connectivity index (χ4n) is 0.486. The molecule has 0 aliphatic carbocycles. The molecule has 0 saturated heterocycles. The van der Waals surface area contributed by atoms with Crippen molar-refractivity contribution in [1.82, 2.24) is 0 Å². The molecule has 0 radical (unpaired) electrons. The lowest BCUT2D eigenvalue weighted by Crippen LogP contribution is -2.55. The number of carboxylic acids is 1. The first-order valence-electron chi connectivity index (χ1n) is 3.10. The Morgan fingerprint density at radius 1 is 1.00 bits per heavy atom. The quantitative estimate of drug-likeness (QED) is 0.771. The number of rotatable bonds is 3. The average molecular weight is 244 g/mol. The highest BCUT2D eigenvalue weighted by molar-refractivity contribution is 5.68. The molecule has 10 heteroatoms. The summed E-state index contributed by atoms with van der Waals surface area (Å²) in [7, 11) is 0. The normalized spacial score (nSPS) is 14.1. The lowest BCUT2D eigenvalue weighted by atomic mass is 10.3. The van der Waals surface area contributed by atoms with Gasteiger partial charge in [0.05, 0.1) is 0 Å². The number of hydrogen-bond acceptors (Lipinski definition) is 2. The monoisotopic (exact) mass is 244 g/mol. The van der Waals surface area contributed by atoms with Crippen LogP contribution in [0.25, 0.3) is 0 Å². The Labute approximate surface area is 77.4 Å². The zero-order valence-electron chi connectivity index (χ0n) is 6.62. The standard InChI is InChI=1S/C5H3F7O3/c6-3(4(7,8)9,5(10,11)12)15-1-2(13)14/h1H2,(H,13,14). The average Bonchev–Trinajstić information content (AvgIpc) is 1.95. The van der Waals surface area contributed by atoms with E-state index in [2.05, 4.69) is 4.74 Å². The molecular weight excluding hydrogens is 241 g/mol. The topological polar surface area (TPSA) is 46.5 Å². The third-order valence-electron chi connectivity index (χ3n) is 1.12. The van der Waals surface area contributed by atoms with Crippen LogP contribution in [-0.4, -0.2) is 35.9 Å². The molecule has 0 heterocycles. The van der Waals surface area contributed by atoms with Crippen LogP contribution >= 0.6 is 0 Å². The highest BCUT2D eigenvalue weighted by Gasteiger charge is 2.74. The van der Waals surface area contributed by atoms with Gasteiger partial charge < -0.3 is 9.84 Å². The summed E-state index contributed by atoms with van der Waals surface area (Å²) < 4.78 is 85.0. The highest BCUT2D eigenvalue weighted by atomic mass is 19.4. The van der Waals surface area contributed by atoms with Gasteiger partial charge in [-0.2, -0.15) is 30.7 Å². The summed E-state index contributed by atoms with van der Waals surface area (Å²) in [4.78, 5) is 9.67. The first kappa shape index (κ1) is 13.9. The Bertz CT molecular complexity index is 228. The van der Waals surface area contributed by atoms with Crippen molar-refractivity contribution in [2.24, 2.45) is 0 Å². The summed E-state index contributed by atoms with van der Waals surface area (Å²) in [5.74, 6) is -8.14. The molecule has 0 fully saturated rings. The van der Waals surface area contributed by atoms with Crippen LogP contribution in [0.15, 0.2) is 0 Å². The van der Waals surface area contributed by atoms with E-state index >= 15 is 0 Å².